The van der Waals surface area contributed by atoms with Crippen molar-refractivity contribution in [3.05, 3.63) is 59.4 Å². The average Bonchev–Trinajstić information content (AvgIpc) is 2.52. The van der Waals surface area contributed by atoms with Crippen LogP contribution in [0, 0.1) is 0 Å². The summed E-state index contributed by atoms with van der Waals surface area (Å²) in [6.45, 7) is 1.70. The lowest BCUT2D eigenvalue weighted by molar-refractivity contribution is 0.202. The van der Waals surface area contributed by atoms with Gasteiger partial charge in [0.25, 0.3) is 0 Å². The highest BCUT2D eigenvalue weighted by Crippen LogP contribution is 2.14. The highest BCUT2D eigenvalue weighted by molar-refractivity contribution is 5.28. The van der Waals surface area contributed by atoms with Gasteiger partial charge in [0.2, 0.25) is 0 Å². The van der Waals surface area contributed by atoms with Crippen LogP contribution in [-0.2, 0) is 24.3 Å². The molecule has 0 radical (unpaired) electrons. The smallest absolute Gasteiger partial charge is 0.119 e. The van der Waals surface area contributed by atoms with Gasteiger partial charge in [-0.3, -0.25) is 4.98 Å². The SMILES string of the molecule is COCCc1ccc(OCc2ccnc(CN)c2)cc1. The van der Waals surface area contributed by atoms with Crippen molar-refractivity contribution in [2.24, 2.45) is 5.73 Å². The van der Waals surface area contributed by atoms with Crippen LogP contribution in [0.4, 0.5) is 0 Å². The third-order valence-electron chi connectivity index (χ3n) is 3.01. The van der Waals surface area contributed by atoms with Crippen molar-refractivity contribution in [3.63, 3.8) is 0 Å². The van der Waals surface area contributed by atoms with Gasteiger partial charge in [-0.1, -0.05) is 12.1 Å². The molecule has 1 heterocycles. The van der Waals surface area contributed by atoms with Crippen LogP contribution in [0.2, 0.25) is 0 Å². The van der Waals surface area contributed by atoms with Crippen LogP contribution < -0.4 is 10.5 Å². The lowest BCUT2D eigenvalue weighted by atomic mass is 10.1. The van der Waals surface area contributed by atoms with Crippen LogP contribution in [0.25, 0.3) is 0 Å². The number of aromatic nitrogens is 1. The fourth-order valence-corrected chi connectivity index (χ4v) is 1.87. The molecule has 2 rings (SSSR count). The Balaban J connectivity index is 1.89. The zero-order valence-corrected chi connectivity index (χ0v) is 11.7. The van der Waals surface area contributed by atoms with Crippen molar-refractivity contribution in [1.82, 2.24) is 4.98 Å². The molecule has 1 aromatic heterocycles. The number of pyridine rings is 1. The molecule has 4 nitrogen and oxygen atoms in total. The number of ether oxygens (including phenoxy) is 2. The van der Waals surface area contributed by atoms with Crippen LogP contribution in [0.3, 0.4) is 0 Å². The summed E-state index contributed by atoms with van der Waals surface area (Å²) < 4.78 is 10.8. The van der Waals surface area contributed by atoms with Crippen LogP contribution in [-0.4, -0.2) is 18.7 Å². The van der Waals surface area contributed by atoms with Gasteiger partial charge in [-0.15, -0.1) is 0 Å². The monoisotopic (exact) mass is 272 g/mol. The molecule has 0 amide bonds. The van der Waals surface area contributed by atoms with Crippen LogP contribution >= 0.6 is 0 Å². The van der Waals surface area contributed by atoms with Gasteiger partial charge in [-0.05, 0) is 41.8 Å². The third-order valence-corrected chi connectivity index (χ3v) is 3.01. The van der Waals surface area contributed by atoms with Crippen LogP contribution in [0.1, 0.15) is 16.8 Å². The minimum absolute atomic E-state index is 0.446. The quantitative estimate of drug-likeness (QED) is 0.840. The number of hydrogen-bond acceptors (Lipinski definition) is 4. The largest absolute Gasteiger partial charge is 0.489 e. The molecule has 1 aromatic carbocycles. The summed E-state index contributed by atoms with van der Waals surface area (Å²) in [5.41, 5.74) is 8.76. The average molecular weight is 272 g/mol. The first-order valence-corrected chi connectivity index (χ1v) is 6.66. The Bertz CT molecular complexity index is 526. The van der Waals surface area contributed by atoms with E-state index in [4.69, 9.17) is 15.2 Å². The minimum atomic E-state index is 0.446. The van der Waals surface area contributed by atoms with Crippen LogP contribution in [0.15, 0.2) is 42.6 Å². The zero-order chi connectivity index (χ0) is 14.2. The normalized spacial score (nSPS) is 10.5. The van der Waals surface area contributed by atoms with Gasteiger partial charge < -0.3 is 15.2 Å². The molecule has 0 atom stereocenters. The molecule has 2 N–H and O–H groups in total. The summed E-state index contributed by atoms with van der Waals surface area (Å²) >= 11 is 0. The van der Waals surface area contributed by atoms with Crippen molar-refractivity contribution < 1.29 is 9.47 Å². The summed E-state index contributed by atoms with van der Waals surface area (Å²) in [5, 5.41) is 0. The van der Waals surface area contributed by atoms with Crippen molar-refractivity contribution >= 4 is 0 Å². The summed E-state index contributed by atoms with van der Waals surface area (Å²) in [6, 6.07) is 12.0. The fraction of sp³-hybridized carbons (Fsp3) is 0.312. The predicted molar refractivity (Wildman–Crippen MR) is 78.5 cm³/mol. The van der Waals surface area contributed by atoms with Gasteiger partial charge in [0.1, 0.15) is 12.4 Å². The second kappa shape index (κ2) is 7.62. The lowest BCUT2D eigenvalue weighted by Gasteiger charge is -2.08. The van der Waals surface area contributed by atoms with E-state index in [-0.39, 0.29) is 0 Å². The maximum Gasteiger partial charge on any atom is 0.119 e. The maximum absolute atomic E-state index is 5.75. The second-order valence-corrected chi connectivity index (χ2v) is 4.53. The molecule has 0 aliphatic heterocycles. The Morgan fingerprint density at radius 3 is 2.60 bits per heavy atom. The molecule has 2 aromatic rings. The number of benzene rings is 1. The van der Waals surface area contributed by atoms with Gasteiger partial charge in [-0.25, -0.2) is 0 Å². The Morgan fingerprint density at radius 1 is 1.10 bits per heavy atom. The molecule has 0 aliphatic rings. The molecule has 0 bridgehead atoms. The second-order valence-electron chi connectivity index (χ2n) is 4.53. The van der Waals surface area contributed by atoms with Gasteiger partial charge in [0, 0.05) is 19.9 Å². The highest BCUT2D eigenvalue weighted by Gasteiger charge is 1.99. The first-order valence-electron chi connectivity index (χ1n) is 6.66. The number of nitrogens with zero attached hydrogens (tertiary/aromatic N) is 1. The Kier molecular flexibility index (Phi) is 5.53. The lowest BCUT2D eigenvalue weighted by Crippen LogP contribution is -2.02. The molecule has 0 unspecified atom stereocenters. The molecule has 0 spiro atoms. The first kappa shape index (κ1) is 14.5. The van der Waals surface area contributed by atoms with Crippen molar-refractivity contribution in [2.45, 2.75) is 19.6 Å². The fourth-order valence-electron chi connectivity index (χ4n) is 1.87. The van der Waals surface area contributed by atoms with E-state index in [0.717, 1.165) is 30.0 Å². The summed E-state index contributed by atoms with van der Waals surface area (Å²) in [4.78, 5) is 4.16. The number of nitrogens with two attached hydrogens (primary N) is 1. The number of rotatable bonds is 7. The Morgan fingerprint density at radius 2 is 1.90 bits per heavy atom. The molecule has 0 saturated heterocycles. The van der Waals surface area contributed by atoms with E-state index < -0.39 is 0 Å². The predicted octanol–water partition coefficient (Wildman–Crippen LogP) is 2.31. The molecule has 0 fully saturated rings. The molecular formula is C16H20N2O2. The first-order chi connectivity index (χ1) is 9.81. The topological polar surface area (TPSA) is 57.4 Å². The van der Waals surface area contributed by atoms with E-state index in [2.05, 4.69) is 17.1 Å². The molecule has 20 heavy (non-hydrogen) atoms. The standard InChI is InChI=1S/C16H20N2O2/c1-19-9-7-13-2-4-16(5-3-13)20-12-14-6-8-18-15(10-14)11-17/h2-6,8,10H,7,9,11-12,17H2,1H3. The van der Waals surface area contributed by atoms with E-state index in [1.807, 2.05) is 24.3 Å². The molecule has 0 aliphatic carbocycles. The summed E-state index contributed by atoms with van der Waals surface area (Å²) in [7, 11) is 1.71. The summed E-state index contributed by atoms with van der Waals surface area (Å²) in [5.74, 6) is 0.859. The van der Waals surface area contributed by atoms with E-state index in [1.165, 1.54) is 5.56 Å². The molecule has 106 valence electrons. The van der Waals surface area contributed by atoms with E-state index in [9.17, 15) is 0 Å². The highest BCUT2D eigenvalue weighted by atomic mass is 16.5. The Labute approximate surface area is 119 Å². The van der Waals surface area contributed by atoms with Gasteiger partial charge in [0.05, 0.1) is 12.3 Å². The maximum atomic E-state index is 5.75. The van der Waals surface area contributed by atoms with Crippen molar-refractivity contribution in [3.8, 4) is 5.75 Å². The van der Waals surface area contributed by atoms with Gasteiger partial charge >= 0.3 is 0 Å². The molecule has 4 heteroatoms. The van der Waals surface area contributed by atoms with Gasteiger partial charge in [0.15, 0.2) is 0 Å². The van der Waals surface area contributed by atoms with E-state index >= 15 is 0 Å². The zero-order valence-electron chi connectivity index (χ0n) is 11.7. The van der Waals surface area contributed by atoms with Gasteiger partial charge in [-0.2, -0.15) is 0 Å². The van der Waals surface area contributed by atoms with Crippen molar-refractivity contribution in [2.75, 3.05) is 13.7 Å². The van der Waals surface area contributed by atoms with Crippen molar-refractivity contribution in [1.29, 1.82) is 0 Å². The molecule has 0 saturated carbocycles. The minimum Gasteiger partial charge on any atom is -0.489 e. The van der Waals surface area contributed by atoms with E-state index in [0.29, 0.717) is 13.2 Å². The van der Waals surface area contributed by atoms with E-state index in [1.54, 1.807) is 13.3 Å². The molecular weight excluding hydrogens is 252 g/mol. The number of hydrogen-bond donors (Lipinski definition) is 1. The van der Waals surface area contributed by atoms with Crippen LogP contribution in [0.5, 0.6) is 5.75 Å². The summed E-state index contributed by atoms with van der Waals surface area (Å²) in [6.07, 6.45) is 2.68. The number of methoxy groups -OCH3 is 1. The Hall–Kier alpha value is -1.91. The third kappa shape index (κ3) is 4.33.